The van der Waals surface area contributed by atoms with Gasteiger partial charge >= 0.3 is 6.09 Å². The van der Waals surface area contributed by atoms with Gasteiger partial charge in [0.05, 0.1) is 0 Å². The van der Waals surface area contributed by atoms with Gasteiger partial charge in [0.25, 0.3) is 0 Å². The van der Waals surface area contributed by atoms with E-state index in [9.17, 15) is 18.4 Å². The molecule has 2 N–H and O–H groups in total. The van der Waals surface area contributed by atoms with Crippen LogP contribution in [0.4, 0.5) is 19.4 Å². The largest absolute Gasteiger partial charge is 0.465 e. The van der Waals surface area contributed by atoms with Gasteiger partial charge in [-0.3, -0.25) is 10.1 Å². The van der Waals surface area contributed by atoms with E-state index in [0.717, 1.165) is 25.5 Å². The highest BCUT2D eigenvalue weighted by atomic mass is 19.1. The Hall–Kier alpha value is -3.03. The first-order valence-electron chi connectivity index (χ1n) is 10.1. The number of carbonyl (C=O) groups is 2. The lowest BCUT2D eigenvalue weighted by Crippen LogP contribution is -2.37. The Morgan fingerprint density at radius 1 is 1.03 bits per heavy atom. The molecule has 1 aromatic heterocycles. The number of hydrogen-bond donors (Lipinski definition) is 2. The van der Waals surface area contributed by atoms with Gasteiger partial charge in [-0.2, -0.15) is 0 Å². The third kappa shape index (κ3) is 5.98. The minimum absolute atomic E-state index is 0.142. The van der Waals surface area contributed by atoms with Gasteiger partial charge in [0.2, 0.25) is 5.91 Å². The molecule has 0 atom stereocenters. The van der Waals surface area contributed by atoms with Crippen LogP contribution in [0.25, 0.3) is 11.1 Å². The summed E-state index contributed by atoms with van der Waals surface area (Å²) in [5.74, 6) is -0.819. The molecule has 1 aliphatic carbocycles. The highest BCUT2D eigenvalue weighted by Crippen LogP contribution is 2.26. The van der Waals surface area contributed by atoms with Gasteiger partial charge in [0.15, 0.2) is 0 Å². The van der Waals surface area contributed by atoms with E-state index in [2.05, 4.69) is 15.2 Å². The third-order valence-electron chi connectivity index (χ3n) is 5.32. The van der Waals surface area contributed by atoms with Gasteiger partial charge < -0.3 is 10.0 Å². The summed E-state index contributed by atoms with van der Waals surface area (Å²) in [6.45, 7) is 1.03. The van der Waals surface area contributed by atoms with Crippen LogP contribution in [0.15, 0.2) is 36.5 Å². The lowest BCUT2D eigenvalue weighted by molar-refractivity contribution is -0.130. The molecule has 30 heavy (non-hydrogen) atoms. The molecule has 2 aliphatic rings. The highest BCUT2D eigenvalue weighted by molar-refractivity contribution is 5.81. The second-order valence-electron chi connectivity index (χ2n) is 7.50. The number of nitrogens with zero attached hydrogens (tertiary/aromatic N) is 2. The molecule has 2 amide bonds. The molecule has 1 aliphatic heterocycles. The minimum atomic E-state index is -1.23. The number of halogens is 2. The highest BCUT2D eigenvalue weighted by Gasteiger charge is 2.28. The molecule has 1 saturated heterocycles. The Morgan fingerprint density at radius 3 is 2.27 bits per heavy atom. The lowest BCUT2D eigenvalue weighted by atomic mass is 9.94. The minimum Gasteiger partial charge on any atom is -0.465 e. The van der Waals surface area contributed by atoms with Crippen molar-refractivity contribution in [1.29, 1.82) is 0 Å². The van der Waals surface area contributed by atoms with E-state index < -0.39 is 17.7 Å². The van der Waals surface area contributed by atoms with Crippen molar-refractivity contribution in [3.05, 3.63) is 48.2 Å². The number of anilines is 1. The number of amides is 2. The fourth-order valence-corrected chi connectivity index (χ4v) is 3.92. The summed E-state index contributed by atoms with van der Waals surface area (Å²) < 4.78 is 26.0. The van der Waals surface area contributed by atoms with E-state index in [1.54, 1.807) is 0 Å². The van der Waals surface area contributed by atoms with E-state index in [1.165, 1.54) is 62.6 Å². The summed E-state index contributed by atoms with van der Waals surface area (Å²) in [5.41, 5.74) is 0.825. The number of nitrogens with one attached hydrogen (secondary N) is 1. The fourth-order valence-electron chi connectivity index (χ4n) is 3.92. The number of benzene rings is 1. The smallest absolute Gasteiger partial charge is 0.410 e. The fraction of sp³-hybridized carbons (Fsp3) is 0.409. The molecule has 0 spiro atoms. The Kier molecular flexibility index (Phi) is 7.32. The van der Waals surface area contributed by atoms with E-state index in [0.29, 0.717) is 23.1 Å². The maximum atomic E-state index is 13.0. The predicted molar refractivity (Wildman–Crippen MR) is 109 cm³/mol. The van der Waals surface area contributed by atoms with Crippen LogP contribution in [0.2, 0.25) is 0 Å². The summed E-state index contributed by atoms with van der Waals surface area (Å²) in [6, 6.07) is 6.65. The van der Waals surface area contributed by atoms with Crippen LogP contribution in [0, 0.1) is 11.6 Å². The van der Waals surface area contributed by atoms with E-state index >= 15 is 0 Å². The van der Waals surface area contributed by atoms with Crippen LogP contribution in [0.5, 0.6) is 0 Å². The summed E-state index contributed by atoms with van der Waals surface area (Å²) in [5, 5.41) is 10.5. The van der Waals surface area contributed by atoms with Crippen LogP contribution in [-0.2, 0) is 4.79 Å². The monoisotopic (exact) mass is 417 g/mol. The van der Waals surface area contributed by atoms with Gasteiger partial charge in [-0.1, -0.05) is 19.3 Å². The van der Waals surface area contributed by atoms with Gasteiger partial charge in [-0.05, 0) is 49.1 Å². The summed E-state index contributed by atoms with van der Waals surface area (Å²) >= 11 is 0. The molecule has 160 valence electrons. The van der Waals surface area contributed by atoms with Crippen molar-refractivity contribution in [3.8, 4) is 11.1 Å². The number of rotatable bonds is 3. The van der Waals surface area contributed by atoms with Gasteiger partial charge in [-0.25, -0.2) is 18.6 Å². The summed E-state index contributed by atoms with van der Waals surface area (Å²) in [4.78, 5) is 27.7. The number of hydrogen-bond acceptors (Lipinski definition) is 3. The standard InChI is InChI=1S/C12H8F2N2O2.C10H17NO/c13-9-3-8(4-10(14)5-9)7-1-2-11(15-6-7)16-12(17)18;12-10-7-4-8-11(10)9-5-2-1-3-6-9/h1-6H,(H,15,16)(H,17,18);9H,1-8H2. The quantitative estimate of drug-likeness (QED) is 0.731. The van der Waals surface area contributed by atoms with Gasteiger partial charge in [-0.15, -0.1) is 0 Å². The van der Waals surface area contributed by atoms with Gasteiger partial charge in [0, 0.05) is 36.8 Å². The van der Waals surface area contributed by atoms with Crippen LogP contribution in [-0.4, -0.2) is 39.6 Å². The maximum Gasteiger partial charge on any atom is 0.410 e. The van der Waals surface area contributed by atoms with Crippen LogP contribution in [0.3, 0.4) is 0 Å². The number of carbonyl (C=O) groups excluding carboxylic acids is 1. The zero-order valence-corrected chi connectivity index (χ0v) is 16.6. The summed E-state index contributed by atoms with van der Waals surface area (Å²) in [6.07, 6.45) is 8.54. The topological polar surface area (TPSA) is 82.5 Å². The molecule has 1 aromatic carbocycles. The molecule has 0 unspecified atom stereocenters. The number of carboxylic acid groups (broad SMARTS) is 1. The Balaban J connectivity index is 0.000000184. The van der Waals surface area contributed by atoms with Gasteiger partial charge in [0.1, 0.15) is 17.5 Å². The first-order chi connectivity index (χ1) is 14.4. The second kappa shape index (κ2) is 10.1. The van der Waals surface area contributed by atoms with Crippen molar-refractivity contribution in [3.63, 3.8) is 0 Å². The maximum absolute atomic E-state index is 13.0. The summed E-state index contributed by atoms with van der Waals surface area (Å²) in [7, 11) is 0. The van der Waals surface area contributed by atoms with Crippen LogP contribution >= 0.6 is 0 Å². The molecule has 2 heterocycles. The molecule has 6 nitrogen and oxygen atoms in total. The number of likely N-dealkylation sites (tertiary alicyclic amines) is 1. The van der Waals surface area contributed by atoms with Crippen molar-refractivity contribution < 1.29 is 23.5 Å². The normalized spacial score (nSPS) is 16.7. The lowest BCUT2D eigenvalue weighted by Gasteiger charge is -2.30. The van der Waals surface area contributed by atoms with Crippen molar-refractivity contribution in [2.75, 3.05) is 11.9 Å². The first-order valence-corrected chi connectivity index (χ1v) is 10.1. The Labute approximate surface area is 173 Å². The average molecular weight is 417 g/mol. The van der Waals surface area contributed by atoms with Crippen molar-refractivity contribution >= 4 is 17.8 Å². The second-order valence-corrected chi connectivity index (χ2v) is 7.50. The predicted octanol–water partition coefficient (Wildman–Crippen LogP) is 5.06. The van der Waals surface area contributed by atoms with Crippen molar-refractivity contribution in [2.45, 2.75) is 51.0 Å². The molecule has 8 heteroatoms. The molecule has 0 radical (unpaired) electrons. The number of aromatic nitrogens is 1. The molecule has 4 rings (SSSR count). The van der Waals surface area contributed by atoms with E-state index in [-0.39, 0.29) is 5.82 Å². The Bertz CT molecular complexity index is 863. The van der Waals surface area contributed by atoms with Crippen LogP contribution < -0.4 is 5.32 Å². The average Bonchev–Trinajstić information content (AvgIpc) is 3.14. The number of pyridine rings is 1. The SMILES string of the molecule is O=C(O)Nc1ccc(-c2cc(F)cc(F)c2)cn1.O=C1CCCN1C1CCCCC1. The zero-order valence-electron chi connectivity index (χ0n) is 16.6. The zero-order chi connectivity index (χ0) is 21.5. The molecule has 1 saturated carbocycles. The molecular formula is C22H25F2N3O3. The first kappa shape index (κ1) is 21.7. The molecule has 2 aromatic rings. The van der Waals surface area contributed by atoms with Crippen molar-refractivity contribution in [2.24, 2.45) is 0 Å². The van der Waals surface area contributed by atoms with E-state index in [4.69, 9.17) is 5.11 Å². The molecule has 2 fully saturated rings. The molecular weight excluding hydrogens is 392 g/mol. The van der Waals surface area contributed by atoms with Crippen molar-refractivity contribution in [1.82, 2.24) is 9.88 Å². The van der Waals surface area contributed by atoms with Crippen LogP contribution in [0.1, 0.15) is 44.9 Å². The third-order valence-corrected chi connectivity index (χ3v) is 5.32. The molecule has 0 bridgehead atoms. The van der Waals surface area contributed by atoms with E-state index in [1.807, 2.05) is 0 Å². The Morgan fingerprint density at radius 2 is 1.73 bits per heavy atom.